The molecule has 1 unspecified atom stereocenters. The standard InChI is InChI=1S/C23H24N4O3/c24-22-21(26-19(12-25-22)18-10-11-30-14-18)16-6-8-17(9-7-16)23(29)27-20(13-28)15-4-2-1-3-5-15/h1-9,12,18,20,28H,10-11,13-14H2,(H2,24,25)(H,27,29)/t18?,20-/m1/s1. The summed E-state index contributed by atoms with van der Waals surface area (Å²) < 4.78 is 5.44. The van der Waals surface area contributed by atoms with E-state index >= 15 is 0 Å². The maximum absolute atomic E-state index is 12.6. The Kier molecular flexibility index (Phi) is 6.02. The molecule has 0 spiro atoms. The number of ether oxygens (including phenoxy) is 1. The third-order valence-electron chi connectivity index (χ3n) is 5.28. The molecule has 30 heavy (non-hydrogen) atoms. The molecular formula is C23H24N4O3. The Morgan fingerprint density at radius 1 is 1.20 bits per heavy atom. The highest BCUT2D eigenvalue weighted by Crippen LogP contribution is 2.28. The van der Waals surface area contributed by atoms with Gasteiger partial charge in [-0.1, -0.05) is 42.5 Å². The molecule has 2 atom stereocenters. The van der Waals surface area contributed by atoms with Crippen LogP contribution in [0.3, 0.4) is 0 Å². The van der Waals surface area contributed by atoms with E-state index in [1.165, 1.54) is 0 Å². The van der Waals surface area contributed by atoms with E-state index in [1.807, 2.05) is 30.3 Å². The lowest BCUT2D eigenvalue weighted by Gasteiger charge is -2.17. The summed E-state index contributed by atoms with van der Waals surface area (Å²) in [5.74, 6) is 0.315. The van der Waals surface area contributed by atoms with Crippen LogP contribution in [0, 0.1) is 0 Å². The van der Waals surface area contributed by atoms with E-state index in [2.05, 4.69) is 10.3 Å². The Labute approximate surface area is 174 Å². The van der Waals surface area contributed by atoms with Crippen molar-refractivity contribution in [3.8, 4) is 11.3 Å². The number of rotatable bonds is 6. The molecule has 0 saturated carbocycles. The Hall–Kier alpha value is -3.29. The lowest BCUT2D eigenvalue weighted by molar-refractivity contribution is 0.0916. The second-order valence-electron chi connectivity index (χ2n) is 7.29. The topological polar surface area (TPSA) is 110 Å². The van der Waals surface area contributed by atoms with Crippen molar-refractivity contribution in [3.63, 3.8) is 0 Å². The van der Waals surface area contributed by atoms with Gasteiger partial charge in [0.1, 0.15) is 11.5 Å². The van der Waals surface area contributed by atoms with E-state index < -0.39 is 6.04 Å². The van der Waals surface area contributed by atoms with Gasteiger partial charge in [-0.25, -0.2) is 9.97 Å². The molecule has 2 heterocycles. The third-order valence-corrected chi connectivity index (χ3v) is 5.28. The Morgan fingerprint density at radius 2 is 1.97 bits per heavy atom. The van der Waals surface area contributed by atoms with Crippen LogP contribution in [0.15, 0.2) is 60.8 Å². The van der Waals surface area contributed by atoms with Crippen LogP contribution < -0.4 is 11.1 Å². The van der Waals surface area contributed by atoms with Crippen molar-refractivity contribution in [2.24, 2.45) is 0 Å². The van der Waals surface area contributed by atoms with Crippen LogP contribution in [-0.2, 0) is 4.74 Å². The first-order valence-electron chi connectivity index (χ1n) is 9.93. The van der Waals surface area contributed by atoms with Crippen LogP contribution in [-0.4, -0.2) is 40.8 Å². The smallest absolute Gasteiger partial charge is 0.251 e. The predicted molar refractivity (Wildman–Crippen MR) is 114 cm³/mol. The average Bonchev–Trinajstić information content (AvgIpc) is 3.33. The van der Waals surface area contributed by atoms with E-state index in [9.17, 15) is 9.90 Å². The normalized spacial score (nSPS) is 16.9. The zero-order valence-electron chi connectivity index (χ0n) is 16.5. The molecule has 7 nitrogen and oxygen atoms in total. The van der Waals surface area contributed by atoms with Crippen molar-refractivity contribution in [2.45, 2.75) is 18.4 Å². The number of carbonyl (C=O) groups excluding carboxylic acids is 1. The molecule has 4 rings (SSSR count). The fourth-order valence-corrected chi connectivity index (χ4v) is 3.53. The number of anilines is 1. The SMILES string of the molecule is Nc1ncc(C2CCOC2)nc1-c1ccc(C(=O)N[C@H](CO)c2ccccc2)cc1. The number of nitrogens with two attached hydrogens (primary N) is 1. The monoisotopic (exact) mass is 404 g/mol. The van der Waals surface area contributed by atoms with Crippen LogP contribution >= 0.6 is 0 Å². The second-order valence-corrected chi connectivity index (χ2v) is 7.29. The Balaban J connectivity index is 1.51. The first-order chi connectivity index (χ1) is 14.7. The van der Waals surface area contributed by atoms with Crippen molar-refractivity contribution >= 4 is 11.7 Å². The maximum atomic E-state index is 12.6. The number of nitrogen functional groups attached to an aromatic ring is 1. The first-order valence-corrected chi connectivity index (χ1v) is 9.93. The number of hydrogen-bond donors (Lipinski definition) is 3. The summed E-state index contributed by atoms with van der Waals surface area (Å²) in [6, 6.07) is 16.0. The third kappa shape index (κ3) is 4.32. The van der Waals surface area contributed by atoms with Gasteiger partial charge in [0.2, 0.25) is 0 Å². The molecule has 3 aromatic rings. The van der Waals surface area contributed by atoms with Gasteiger partial charge in [0.05, 0.1) is 31.1 Å². The van der Waals surface area contributed by atoms with Gasteiger partial charge in [-0.3, -0.25) is 4.79 Å². The zero-order valence-corrected chi connectivity index (χ0v) is 16.5. The highest BCUT2D eigenvalue weighted by Gasteiger charge is 2.21. The van der Waals surface area contributed by atoms with Crippen molar-refractivity contribution < 1.29 is 14.6 Å². The van der Waals surface area contributed by atoms with Gasteiger partial charge in [-0.05, 0) is 24.1 Å². The number of hydrogen-bond acceptors (Lipinski definition) is 6. The van der Waals surface area contributed by atoms with E-state index in [0.717, 1.165) is 29.8 Å². The highest BCUT2D eigenvalue weighted by molar-refractivity contribution is 5.95. The van der Waals surface area contributed by atoms with Crippen LogP contribution in [0.4, 0.5) is 5.82 Å². The molecule has 0 radical (unpaired) electrons. The molecular weight excluding hydrogens is 380 g/mol. The largest absolute Gasteiger partial charge is 0.394 e. The minimum atomic E-state index is -0.467. The number of nitrogens with zero attached hydrogens (tertiary/aromatic N) is 2. The molecule has 1 aromatic heterocycles. The summed E-state index contributed by atoms with van der Waals surface area (Å²) in [7, 11) is 0. The number of benzene rings is 2. The molecule has 154 valence electrons. The Morgan fingerprint density at radius 3 is 2.63 bits per heavy atom. The van der Waals surface area contributed by atoms with E-state index in [1.54, 1.807) is 30.5 Å². The number of aromatic nitrogens is 2. The highest BCUT2D eigenvalue weighted by atomic mass is 16.5. The van der Waals surface area contributed by atoms with Gasteiger partial charge in [0.15, 0.2) is 0 Å². The molecule has 1 fully saturated rings. The summed E-state index contributed by atoms with van der Waals surface area (Å²) in [5.41, 5.74) is 9.65. The van der Waals surface area contributed by atoms with Crippen LogP contribution in [0.2, 0.25) is 0 Å². The first kappa shape index (κ1) is 20.0. The summed E-state index contributed by atoms with van der Waals surface area (Å²) >= 11 is 0. The Bertz CT molecular complexity index is 1000. The fourth-order valence-electron chi connectivity index (χ4n) is 3.53. The van der Waals surface area contributed by atoms with Crippen molar-refractivity contribution in [3.05, 3.63) is 77.6 Å². The zero-order chi connectivity index (χ0) is 20.9. The van der Waals surface area contributed by atoms with Gasteiger partial charge in [-0.15, -0.1) is 0 Å². The number of aliphatic hydroxyl groups is 1. The number of aliphatic hydroxyl groups excluding tert-OH is 1. The fraction of sp³-hybridized carbons (Fsp3) is 0.261. The quantitative estimate of drug-likeness (QED) is 0.583. The molecule has 1 saturated heterocycles. The molecule has 0 bridgehead atoms. The molecule has 1 aliphatic rings. The lowest BCUT2D eigenvalue weighted by atomic mass is 10.0. The molecule has 1 aliphatic heterocycles. The maximum Gasteiger partial charge on any atom is 0.251 e. The van der Waals surface area contributed by atoms with Crippen LogP contribution in [0.1, 0.15) is 40.0 Å². The number of amides is 1. The molecule has 2 aromatic carbocycles. The average molecular weight is 404 g/mol. The summed E-state index contributed by atoms with van der Waals surface area (Å²) in [6.45, 7) is 1.19. The van der Waals surface area contributed by atoms with E-state index in [4.69, 9.17) is 15.5 Å². The van der Waals surface area contributed by atoms with Crippen molar-refractivity contribution in [1.29, 1.82) is 0 Å². The molecule has 4 N–H and O–H groups in total. The second kappa shape index (κ2) is 9.02. The van der Waals surface area contributed by atoms with Gasteiger partial charge >= 0.3 is 0 Å². The molecule has 1 amide bonds. The minimum absolute atomic E-state index is 0.183. The lowest BCUT2D eigenvalue weighted by Crippen LogP contribution is -2.30. The summed E-state index contributed by atoms with van der Waals surface area (Å²) in [4.78, 5) is 21.6. The number of nitrogens with one attached hydrogen (secondary N) is 1. The van der Waals surface area contributed by atoms with Crippen molar-refractivity contribution in [2.75, 3.05) is 25.6 Å². The van der Waals surface area contributed by atoms with Gasteiger partial charge in [0.25, 0.3) is 5.91 Å². The summed E-state index contributed by atoms with van der Waals surface area (Å²) in [5, 5.41) is 12.5. The molecule has 0 aliphatic carbocycles. The van der Waals surface area contributed by atoms with Gasteiger partial charge in [0, 0.05) is 23.7 Å². The summed E-state index contributed by atoms with van der Waals surface area (Å²) in [6.07, 6.45) is 2.63. The van der Waals surface area contributed by atoms with Gasteiger partial charge < -0.3 is 20.9 Å². The minimum Gasteiger partial charge on any atom is -0.394 e. The molecule has 7 heteroatoms. The van der Waals surface area contributed by atoms with E-state index in [-0.39, 0.29) is 18.4 Å². The van der Waals surface area contributed by atoms with Crippen molar-refractivity contribution in [1.82, 2.24) is 15.3 Å². The van der Waals surface area contributed by atoms with Crippen LogP contribution in [0.25, 0.3) is 11.3 Å². The predicted octanol–water partition coefficient (Wildman–Crippen LogP) is 2.69. The van der Waals surface area contributed by atoms with Gasteiger partial charge in [-0.2, -0.15) is 0 Å². The van der Waals surface area contributed by atoms with Crippen LogP contribution in [0.5, 0.6) is 0 Å². The number of carbonyl (C=O) groups is 1. The van der Waals surface area contributed by atoms with E-state index in [0.29, 0.717) is 23.7 Å².